The number of allylic oxidation sites excluding steroid dienone is 3. The van der Waals surface area contributed by atoms with Crippen LogP contribution < -0.4 is 0 Å². The highest BCUT2D eigenvalue weighted by molar-refractivity contribution is 5.33. The van der Waals surface area contributed by atoms with Crippen LogP contribution in [0.5, 0.6) is 0 Å². The number of ether oxygens (including phenoxy) is 2. The molecular weight excluding hydrogens is 396 g/mol. The molecule has 0 saturated heterocycles. The second-order valence-electron chi connectivity index (χ2n) is 12.9. The van der Waals surface area contributed by atoms with Crippen molar-refractivity contribution < 1.29 is 14.6 Å². The van der Waals surface area contributed by atoms with Crippen LogP contribution in [0.1, 0.15) is 92.4 Å². The Morgan fingerprint density at radius 2 is 2.00 bits per heavy atom. The fourth-order valence-electron chi connectivity index (χ4n) is 9.14. The molecule has 1 N–H and O–H groups in total. The van der Waals surface area contributed by atoms with Crippen molar-refractivity contribution in [1.82, 2.24) is 0 Å². The van der Waals surface area contributed by atoms with Gasteiger partial charge in [0.25, 0.3) is 0 Å². The van der Waals surface area contributed by atoms with E-state index in [0.717, 1.165) is 44.6 Å². The SMILES string of the molecule is COCC(C)CCC1=C(C)C2C(CC3(O)C4CC=C5CC(C)CCC5(C)C4CCC23C)O1. The molecule has 0 bridgehead atoms. The molecule has 1 aliphatic heterocycles. The Hall–Kier alpha value is -0.800. The van der Waals surface area contributed by atoms with Crippen LogP contribution in [0.2, 0.25) is 0 Å². The van der Waals surface area contributed by atoms with Crippen LogP contribution in [-0.2, 0) is 9.47 Å². The summed E-state index contributed by atoms with van der Waals surface area (Å²) in [6.07, 6.45) is 13.0. The maximum absolute atomic E-state index is 12.5. The number of hydrogen-bond donors (Lipinski definition) is 1. The van der Waals surface area contributed by atoms with Gasteiger partial charge >= 0.3 is 0 Å². The van der Waals surface area contributed by atoms with Gasteiger partial charge in [0.2, 0.25) is 0 Å². The zero-order chi connectivity index (χ0) is 22.9. The summed E-state index contributed by atoms with van der Waals surface area (Å²) >= 11 is 0. The van der Waals surface area contributed by atoms with Crippen molar-refractivity contribution in [3.63, 3.8) is 0 Å². The lowest BCUT2D eigenvalue weighted by Crippen LogP contribution is -2.60. The fourth-order valence-corrected chi connectivity index (χ4v) is 9.14. The van der Waals surface area contributed by atoms with E-state index in [4.69, 9.17) is 9.47 Å². The molecule has 3 fully saturated rings. The first-order valence-corrected chi connectivity index (χ1v) is 13.4. The Labute approximate surface area is 196 Å². The summed E-state index contributed by atoms with van der Waals surface area (Å²) in [5.74, 6) is 3.98. The van der Waals surface area contributed by atoms with E-state index in [1.165, 1.54) is 37.0 Å². The van der Waals surface area contributed by atoms with E-state index in [1.54, 1.807) is 12.7 Å². The molecule has 9 atom stereocenters. The van der Waals surface area contributed by atoms with Crippen molar-refractivity contribution in [2.24, 2.45) is 40.4 Å². The molecule has 3 saturated carbocycles. The highest BCUT2D eigenvalue weighted by atomic mass is 16.5. The zero-order valence-electron chi connectivity index (χ0n) is 21.4. The molecule has 0 radical (unpaired) electrons. The first-order chi connectivity index (χ1) is 15.1. The summed E-state index contributed by atoms with van der Waals surface area (Å²) < 4.78 is 12.0. The van der Waals surface area contributed by atoms with Crippen molar-refractivity contribution in [3.8, 4) is 0 Å². The number of aliphatic hydroxyl groups is 1. The number of fused-ring (bicyclic) bond motifs is 7. The Morgan fingerprint density at radius 1 is 1.22 bits per heavy atom. The summed E-state index contributed by atoms with van der Waals surface area (Å²) in [7, 11) is 1.78. The van der Waals surface area contributed by atoms with Crippen LogP contribution in [0.15, 0.2) is 23.0 Å². The molecule has 0 aromatic rings. The van der Waals surface area contributed by atoms with E-state index in [0.29, 0.717) is 29.1 Å². The standard InChI is InChI=1S/C29H46O3/c1-18-11-13-27(4)21(15-18)8-9-23-22(27)12-14-28(5)26-20(3)24(10-7-19(2)17-31-6)32-25(26)16-29(23,28)30/h8,18-19,22-23,25-26,30H,7,9-17H2,1-6H3. The van der Waals surface area contributed by atoms with Gasteiger partial charge in [-0.05, 0) is 86.5 Å². The van der Waals surface area contributed by atoms with Crippen molar-refractivity contribution in [1.29, 1.82) is 0 Å². The molecule has 9 unspecified atom stereocenters. The summed E-state index contributed by atoms with van der Waals surface area (Å²) in [4.78, 5) is 0. The van der Waals surface area contributed by atoms with Crippen LogP contribution in [0.3, 0.4) is 0 Å². The van der Waals surface area contributed by atoms with Gasteiger partial charge in [-0.3, -0.25) is 0 Å². The predicted molar refractivity (Wildman–Crippen MR) is 129 cm³/mol. The first-order valence-electron chi connectivity index (χ1n) is 13.4. The van der Waals surface area contributed by atoms with Crippen LogP contribution >= 0.6 is 0 Å². The minimum atomic E-state index is -0.602. The molecule has 0 amide bonds. The lowest BCUT2D eigenvalue weighted by atomic mass is 9.45. The predicted octanol–water partition coefficient (Wildman–Crippen LogP) is 6.66. The minimum absolute atomic E-state index is 0.0630. The van der Waals surface area contributed by atoms with Crippen LogP contribution in [0, 0.1) is 40.4 Å². The van der Waals surface area contributed by atoms with E-state index in [9.17, 15) is 5.11 Å². The Balaban J connectivity index is 1.40. The maximum Gasteiger partial charge on any atom is 0.108 e. The fraction of sp³-hybridized carbons (Fsp3) is 0.862. The highest BCUT2D eigenvalue weighted by Gasteiger charge is 2.70. The molecule has 4 aliphatic carbocycles. The second kappa shape index (κ2) is 7.87. The highest BCUT2D eigenvalue weighted by Crippen LogP contribution is 2.70. The summed E-state index contributed by atoms with van der Waals surface area (Å²) in [6, 6.07) is 0. The summed E-state index contributed by atoms with van der Waals surface area (Å²) in [6.45, 7) is 12.7. The number of methoxy groups -OCH3 is 1. The van der Waals surface area contributed by atoms with Crippen molar-refractivity contribution in [2.75, 3.05) is 13.7 Å². The van der Waals surface area contributed by atoms with Crippen LogP contribution in [0.25, 0.3) is 0 Å². The van der Waals surface area contributed by atoms with Gasteiger partial charge in [0.05, 0.1) is 11.4 Å². The van der Waals surface area contributed by atoms with Gasteiger partial charge in [-0.25, -0.2) is 0 Å². The molecule has 180 valence electrons. The van der Waals surface area contributed by atoms with E-state index in [2.05, 4.69) is 40.7 Å². The Morgan fingerprint density at radius 3 is 2.75 bits per heavy atom. The van der Waals surface area contributed by atoms with Gasteiger partial charge < -0.3 is 14.6 Å². The largest absolute Gasteiger partial charge is 0.494 e. The number of rotatable bonds is 5. The van der Waals surface area contributed by atoms with Crippen LogP contribution in [0.4, 0.5) is 0 Å². The Bertz CT molecular complexity index is 813. The van der Waals surface area contributed by atoms with Crippen molar-refractivity contribution in [2.45, 2.75) is 104 Å². The van der Waals surface area contributed by atoms with E-state index >= 15 is 0 Å². The Kier molecular flexibility index (Phi) is 5.65. The van der Waals surface area contributed by atoms with Crippen molar-refractivity contribution in [3.05, 3.63) is 23.0 Å². The molecule has 3 heteroatoms. The van der Waals surface area contributed by atoms with Gasteiger partial charge in [0.15, 0.2) is 0 Å². The third-order valence-electron chi connectivity index (χ3n) is 11.0. The molecule has 3 nitrogen and oxygen atoms in total. The summed E-state index contributed by atoms with van der Waals surface area (Å²) in [5, 5.41) is 12.5. The van der Waals surface area contributed by atoms with Gasteiger partial charge in [0.1, 0.15) is 6.10 Å². The molecule has 1 heterocycles. The number of hydrogen-bond acceptors (Lipinski definition) is 3. The van der Waals surface area contributed by atoms with E-state index < -0.39 is 5.60 Å². The smallest absolute Gasteiger partial charge is 0.108 e. The van der Waals surface area contributed by atoms with E-state index in [-0.39, 0.29) is 11.5 Å². The molecule has 0 aromatic carbocycles. The normalized spacial score (nSPS) is 48.3. The average molecular weight is 443 g/mol. The monoisotopic (exact) mass is 442 g/mol. The quantitative estimate of drug-likeness (QED) is 0.484. The topological polar surface area (TPSA) is 38.7 Å². The molecule has 32 heavy (non-hydrogen) atoms. The lowest BCUT2D eigenvalue weighted by molar-refractivity contribution is -0.176. The third-order valence-corrected chi connectivity index (χ3v) is 11.0. The molecule has 5 aliphatic rings. The maximum atomic E-state index is 12.5. The average Bonchev–Trinajstić information content (AvgIpc) is 3.17. The molecule has 0 aromatic heterocycles. The van der Waals surface area contributed by atoms with Crippen molar-refractivity contribution >= 4 is 0 Å². The van der Waals surface area contributed by atoms with Gasteiger partial charge in [-0.1, -0.05) is 39.3 Å². The first kappa shape index (κ1) is 23.0. The van der Waals surface area contributed by atoms with Gasteiger partial charge in [-0.15, -0.1) is 0 Å². The summed E-state index contributed by atoms with van der Waals surface area (Å²) in [5.41, 5.74) is 2.78. The van der Waals surface area contributed by atoms with Gasteiger partial charge in [0, 0.05) is 37.9 Å². The zero-order valence-corrected chi connectivity index (χ0v) is 21.4. The molecule has 5 rings (SSSR count). The molecular formula is C29H46O3. The minimum Gasteiger partial charge on any atom is -0.494 e. The second-order valence-corrected chi connectivity index (χ2v) is 12.9. The molecule has 0 spiro atoms. The van der Waals surface area contributed by atoms with Gasteiger partial charge in [-0.2, -0.15) is 0 Å². The third kappa shape index (κ3) is 3.13. The lowest BCUT2D eigenvalue weighted by Gasteiger charge is -2.61. The van der Waals surface area contributed by atoms with E-state index in [1.807, 2.05) is 0 Å². The van der Waals surface area contributed by atoms with Crippen LogP contribution in [-0.4, -0.2) is 30.5 Å².